The Kier molecular flexibility index (Phi) is 5.04. The van der Waals surface area contributed by atoms with E-state index in [4.69, 9.17) is 0 Å². The lowest BCUT2D eigenvalue weighted by atomic mass is 10.1. The van der Waals surface area contributed by atoms with E-state index in [0.29, 0.717) is 22.9 Å². The van der Waals surface area contributed by atoms with Crippen molar-refractivity contribution < 1.29 is 0 Å². The summed E-state index contributed by atoms with van der Waals surface area (Å²) in [7, 11) is 0. The molecule has 0 aliphatic rings. The van der Waals surface area contributed by atoms with Crippen molar-refractivity contribution in [3.05, 3.63) is 51.9 Å². The van der Waals surface area contributed by atoms with Gasteiger partial charge in [-0.3, -0.25) is 4.79 Å². The number of benzene rings is 1. The van der Waals surface area contributed by atoms with Gasteiger partial charge in [-0.2, -0.15) is 0 Å². The lowest BCUT2D eigenvalue weighted by Gasteiger charge is -2.06. The molecular weight excluding hydrogens is 380 g/mol. The maximum atomic E-state index is 12.7. The largest absolute Gasteiger partial charge is 0.309 e. The predicted octanol–water partition coefficient (Wildman–Crippen LogP) is 3.59. The molecule has 0 bridgehead atoms. The molecule has 0 amide bonds. The van der Waals surface area contributed by atoms with Crippen LogP contribution in [0.1, 0.15) is 19.7 Å². The first kappa shape index (κ1) is 17.9. The van der Waals surface area contributed by atoms with Crippen molar-refractivity contribution in [1.82, 2.24) is 30.2 Å². The number of tetrazole rings is 1. The molecule has 138 valence electrons. The first-order chi connectivity index (χ1) is 13.1. The lowest BCUT2D eigenvalue weighted by molar-refractivity contribution is 0.445. The fraction of sp³-hybridized carbons (Fsp3) is 0.278. The van der Waals surface area contributed by atoms with Crippen LogP contribution in [0.4, 0.5) is 0 Å². The van der Waals surface area contributed by atoms with Gasteiger partial charge in [0.25, 0.3) is 5.56 Å². The number of aromatic amines is 1. The van der Waals surface area contributed by atoms with Gasteiger partial charge in [0.15, 0.2) is 0 Å². The first-order valence-electron chi connectivity index (χ1n) is 8.56. The number of hydrogen-bond acceptors (Lipinski definition) is 7. The maximum absolute atomic E-state index is 12.7. The zero-order valence-corrected chi connectivity index (χ0v) is 16.5. The van der Waals surface area contributed by atoms with Gasteiger partial charge in [-0.15, -0.1) is 16.4 Å². The second kappa shape index (κ2) is 7.61. The fourth-order valence-corrected chi connectivity index (χ4v) is 4.51. The molecule has 0 aliphatic heterocycles. The van der Waals surface area contributed by atoms with E-state index in [9.17, 15) is 4.79 Å². The highest BCUT2D eigenvalue weighted by atomic mass is 32.2. The summed E-state index contributed by atoms with van der Waals surface area (Å²) >= 11 is 2.95. The van der Waals surface area contributed by atoms with Crippen molar-refractivity contribution in [3.8, 4) is 11.1 Å². The summed E-state index contributed by atoms with van der Waals surface area (Å²) in [6.45, 7) is 4.98. The number of H-pyrrole nitrogens is 1. The smallest absolute Gasteiger partial charge is 0.260 e. The molecule has 0 unspecified atom stereocenters. The standard InChI is InChI=1S/C18H18N6OS2/c1-11(2)8-24-18(21-22-23-24)27-10-14-19-16(25)15-13(9-26-17(15)20-14)12-6-4-3-5-7-12/h3-7,9,11H,8,10H2,1-2H3,(H,19,20,25). The zero-order chi connectivity index (χ0) is 18.8. The highest BCUT2D eigenvalue weighted by molar-refractivity contribution is 7.98. The average molecular weight is 399 g/mol. The monoisotopic (exact) mass is 398 g/mol. The second-order valence-electron chi connectivity index (χ2n) is 6.53. The lowest BCUT2D eigenvalue weighted by Crippen LogP contribution is -2.11. The third-order valence-electron chi connectivity index (χ3n) is 3.95. The van der Waals surface area contributed by atoms with E-state index in [1.807, 2.05) is 35.7 Å². The number of thioether (sulfide) groups is 1. The molecule has 0 saturated heterocycles. The molecule has 0 fully saturated rings. The van der Waals surface area contributed by atoms with Crippen molar-refractivity contribution in [1.29, 1.82) is 0 Å². The molecule has 0 aliphatic carbocycles. The van der Waals surface area contributed by atoms with Gasteiger partial charge in [0.1, 0.15) is 10.7 Å². The minimum Gasteiger partial charge on any atom is -0.309 e. The van der Waals surface area contributed by atoms with E-state index in [1.54, 1.807) is 4.68 Å². The Balaban J connectivity index is 1.60. The Bertz CT molecular complexity index is 1120. The molecule has 1 N–H and O–H groups in total. The van der Waals surface area contributed by atoms with Crippen molar-refractivity contribution in [2.75, 3.05) is 0 Å². The van der Waals surface area contributed by atoms with Gasteiger partial charge in [0.2, 0.25) is 5.16 Å². The topological polar surface area (TPSA) is 89.3 Å². The number of rotatable bonds is 6. The van der Waals surface area contributed by atoms with Gasteiger partial charge in [0, 0.05) is 17.5 Å². The molecule has 7 nitrogen and oxygen atoms in total. The number of nitrogens with one attached hydrogen (secondary N) is 1. The van der Waals surface area contributed by atoms with Crippen LogP contribution in [0.15, 0.2) is 45.7 Å². The van der Waals surface area contributed by atoms with Gasteiger partial charge in [0.05, 0.1) is 11.1 Å². The Labute approximate surface area is 163 Å². The van der Waals surface area contributed by atoms with Crippen molar-refractivity contribution >= 4 is 33.3 Å². The van der Waals surface area contributed by atoms with Gasteiger partial charge in [-0.05, 0) is 21.9 Å². The summed E-state index contributed by atoms with van der Waals surface area (Å²) < 4.78 is 1.78. The molecule has 4 aromatic rings. The van der Waals surface area contributed by atoms with Crippen LogP contribution in [0, 0.1) is 5.92 Å². The Hall–Kier alpha value is -2.52. The summed E-state index contributed by atoms with van der Waals surface area (Å²) in [6, 6.07) is 9.89. The maximum Gasteiger partial charge on any atom is 0.260 e. The second-order valence-corrected chi connectivity index (χ2v) is 8.33. The van der Waals surface area contributed by atoms with Crippen molar-refractivity contribution in [2.24, 2.45) is 5.92 Å². The van der Waals surface area contributed by atoms with Crippen LogP contribution in [0.25, 0.3) is 21.3 Å². The minimum absolute atomic E-state index is 0.113. The van der Waals surface area contributed by atoms with E-state index in [-0.39, 0.29) is 5.56 Å². The average Bonchev–Trinajstić information content (AvgIpc) is 3.27. The Morgan fingerprint density at radius 1 is 1.26 bits per heavy atom. The molecule has 0 saturated carbocycles. The molecular formula is C18H18N6OS2. The summed E-state index contributed by atoms with van der Waals surface area (Å²) in [5.74, 6) is 1.57. The number of fused-ring (bicyclic) bond motifs is 1. The van der Waals surface area contributed by atoms with E-state index >= 15 is 0 Å². The van der Waals surface area contributed by atoms with Crippen LogP contribution in [-0.4, -0.2) is 30.2 Å². The predicted molar refractivity (Wildman–Crippen MR) is 108 cm³/mol. The van der Waals surface area contributed by atoms with E-state index in [1.165, 1.54) is 23.1 Å². The SMILES string of the molecule is CC(C)Cn1nnnc1SCc1nc2scc(-c3ccccc3)c2c(=O)[nH]1. The van der Waals surface area contributed by atoms with E-state index in [2.05, 4.69) is 39.3 Å². The number of thiophene rings is 1. The number of aromatic nitrogens is 6. The molecule has 0 radical (unpaired) electrons. The fourth-order valence-electron chi connectivity index (χ4n) is 2.79. The molecule has 1 aromatic carbocycles. The van der Waals surface area contributed by atoms with Crippen LogP contribution in [0.5, 0.6) is 0 Å². The highest BCUT2D eigenvalue weighted by Crippen LogP contribution is 2.31. The molecule has 0 spiro atoms. The van der Waals surface area contributed by atoms with E-state index in [0.717, 1.165) is 27.7 Å². The van der Waals surface area contributed by atoms with Gasteiger partial charge in [-0.25, -0.2) is 9.67 Å². The molecule has 9 heteroatoms. The van der Waals surface area contributed by atoms with Crippen LogP contribution in [0.3, 0.4) is 0 Å². The quantitative estimate of drug-likeness (QED) is 0.499. The van der Waals surface area contributed by atoms with Gasteiger partial charge >= 0.3 is 0 Å². The summed E-state index contributed by atoms with van der Waals surface area (Å²) in [5.41, 5.74) is 1.83. The molecule has 3 aromatic heterocycles. The van der Waals surface area contributed by atoms with Crippen molar-refractivity contribution in [2.45, 2.75) is 31.3 Å². The van der Waals surface area contributed by atoms with Gasteiger partial charge in [-0.1, -0.05) is 55.9 Å². The third kappa shape index (κ3) is 3.79. The van der Waals surface area contributed by atoms with Crippen LogP contribution in [0.2, 0.25) is 0 Å². The Morgan fingerprint density at radius 2 is 2.07 bits per heavy atom. The molecule has 0 atom stereocenters. The number of hydrogen-bond donors (Lipinski definition) is 1. The van der Waals surface area contributed by atoms with Gasteiger partial charge < -0.3 is 4.98 Å². The normalized spacial score (nSPS) is 11.5. The van der Waals surface area contributed by atoms with Crippen LogP contribution >= 0.6 is 23.1 Å². The number of nitrogens with zero attached hydrogens (tertiary/aromatic N) is 5. The molecule has 4 rings (SSSR count). The van der Waals surface area contributed by atoms with Crippen molar-refractivity contribution in [3.63, 3.8) is 0 Å². The summed E-state index contributed by atoms with van der Waals surface area (Å²) in [6.07, 6.45) is 0. The highest BCUT2D eigenvalue weighted by Gasteiger charge is 2.14. The summed E-state index contributed by atoms with van der Waals surface area (Å²) in [5, 5.41) is 15.2. The van der Waals surface area contributed by atoms with E-state index < -0.39 is 0 Å². The minimum atomic E-state index is -0.113. The molecule has 3 heterocycles. The Morgan fingerprint density at radius 3 is 2.85 bits per heavy atom. The van der Waals surface area contributed by atoms with Crippen LogP contribution < -0.4 is 5.56 Å². The third-order valence-corrected chi connectivity index (χ3v) is 5.79. The zero-order valence-electron chi connectivity index (χ0n) is 14.9. The molecule has 27 heavy (non-hydrogen) atoms. The first-order valence-corrected chi connectivity index (χ1v) is 10.4. The van der Waals surface area contributed by atoms with Crippen LogP contribution in [-0.2, 0) is 12.3 Å². The summed E-state index contributed by atoms with van der Waals surface area (Å²) in [4.78, 5) is 21.0.